The number of carbonyl (C=O) groups excluding carboxylic acids is 1. The van der Waals surface area contributed by atoms with Crippen LogP contribution in [0.25, 0.3) is 0 Å². The van der Waals surface area contributed by atoms with Crippen molar-refractivity contribution in [3.8, 4) is 0 Å². The Balaban J connectivity index is 2.04. The van der Waals surface area contributed by atoms with Crippen molar-refractivity contribution in [1.29, 1.82) is 0 Å². The molecule has 0 spiro atoms. The number of hydrogen-bond donors (Lipinski definition) is 1. The highest BCUT2D eigenvalue weighted by Gasteiger charge is 2.27. The Kier molecular flexibility index (Phi) is 4.90. The smallest absolute Gasteiger partial charge is 0.239 e. The third kappa shape index (κ3) is 3.27. The lowest BCUT2D eigenvalue weighted by Gasteiger charge is -2.11. The second-order valence-electron chi connectivity index (χ2n) is 3.61. The predicted octanol–water partition coefficient (Wildman–Crippen LogP) is 0.233. The van der Waals surface area contributed by atoms with E-state index in [1.165, 1.54) is 0 Å². The highest BCUT2D eigenvalue weighted by Crippen LogP contribution is 2.07. The van der Waals surface area contributed by atoms with Crippen LogP contribution in [-0.2, 0) is 9.53 Å². The van der Waals surface area contributed by atoms with Gasteiger partial charge in [-0.15, -0.1) is 0 Å². The minimum absolute atomic E-state index is 0.0432. The first-order valence-electron chi connectivity index (χ1n) is 5.31. The highest BCUT2D eigenvalue weighted by molar-refractivity contribution is 5.83. The maximum atomic E-state index is 11.5. The molecule has 1 N–H and O–H groups in total. The average molecular weight is 200 g/mol. The molecule has 1 amide bonds. The molecule has 4 heteroatoms. The summed E-state index contributed by atoms with van der Waals surface area (Å²) < 4.78 is 5.21. The van der Waals surface area contributed by atoms with Crippen LogP contribution in [0.4, 0.5) is 0 Å². The van der Waals surface area contributed by atoms with Crippen molar-refractivity contribution < 1.29 is 9.53 Å². The van der Waals surface area contributed by atoms with Crippen LogP contribution in [0.5, 0.6) is 0 Å². The van der Waals surface area contributed by atoms with Crippen LogP contribution < -0.4 is 5.32 Å². The van der Waals surface area contributed by atoms with Gasteiger partial charge in [-0.2, -0.15) is 0 Å². The van der Waals surface area contributed by atoms with Gasteiger partial charge in [0.25, 0.3) is 0 Å². The van der Waals surface area contributed by atoms with E-state index < -0.39 is 0 Å². The van der Waals surface area contributed by atoms with Crippen LogP contribution in [0.3, 0.4) is 0 Å². The van der Waals surface area contributed by atoms with Crippen molar-refractivity contribution in [2.75, 3.05) is 33.4 Å². The van der Waals surface area contributed by atoms with Crippen molar-refractivity contribution >= 4 is 5.91 Å². The van der Waals surface area contributed by atoms with Gasteiger partial charge in [0.2, 0.25) is 5.91 Å². The first-order chi connectivity index (χ1) is 6.75. The SMILES string of the molecule is CCOCCCNC1CCN(C)C1=O. The van der Waals surface area contributed by atoms with Crippen LogP contribution in [0.15, 0.2) is 0 Å². The molecule has 1 atom stereocenters. The second-order valence-corrected chi connectivity index (χ2v) is 3.61. The van der Waals surface area contributed by atoms with Crippen molar-refractivity contribution in [2.45, 2.75) is 25.8 Å². The Labute approximate surface area is 85.6 Å². The van der Waals surface area contributed by atoms with Gasteiger partial charge in [-0.05, 0) is 26.3 Å². The standard InChI is InChI=1S/C10H20N2O2/c1-3-14-8-4-6-11-9-5-7-12(2)10(9)13/h9,11H,3-8H2,1-2H3. The van der Waals surface area contributed by atoms with Gasteiger partial charge in [-0.25, -0.2) is 0 Å². The molecule has 0 bridgehead atoms. The number of nitrogens with zero attached hydrogens (tertiary/aromatic N) is 1. The van der Waals surface area contributed by atoms with E-state index in [9.17, 15) is 4.79 Å². The topological polar surface area (TPSA) is 41.6 Å². The minimum Gasteiger partial charge on any atom is -0.382 e. The lowest BCUT2D eigenvalue weighted by atomic mass is 10.2. The largest absolute Gasteiger partial charge is 0.382 e. The zero-order chi connectivity index (χ0) is 10.4. The molecule has 1 fully saturated rings. The molecule has 0 aliphatic carbocycles. The molecule has 4 nitrogen and oxygen atoms in total. The summed E-state index contributed by atoms with van der Waals surface area (Å²) in [5.41, 5.74) is 0. The van der Waals surface area contributed by atoms with E-state index in [4.69, 9.17) is 4.74 Å². The normalized spacial score (nSPS) is 22.0. The van der Waals surface area contributed by atoms with E-state index in [2.05, 4.69) is 5.32 Å². The number of carbonyl (C=O) groups is 1. The Bertz CT molecular complexity index is 185. The minimum atomic E-state index is 0.0432. The summed E-state index contributed by atoms with van der Waals surface area (Å²) in [5.74, 6) is 0.224. The van der Waals surface area contributed by atoms with E-state index in [1.54, 1.807) is 4.90 Å². The Morgan fingerprint density at radius 3 is 3.00 bits per heavy atom. The monoisotopic (exact) mass is 200 g/mol. The Hall–Kier alpha value is -0.610. The van der Waals surface area contributed by atoms with Crippen molar-refractivity contribution in [3.05, 3.63) is 0 Å². The molecule has 1 aliphatic rings. The van der Waals surface area contributed by atoms with Gasteiger partial charge in [-0.1, -0.05) is 0 Å². The molecule has 0 aromatic rings. The molecule has 1 saturated heterocycles. The van der Waals surface area contributed by atoms with Gasteiger partial charge in [-0.3, -0.25) is 4.79 Å². The van der Waals surface area contributed by atoms with Gasteiger partial charge in [0, 0.05) is 26.8 Å². The van der Waals surface area contributed by atoms with Crippen LogP contribution >= 0.6 is 0 Å². The number of ether oxygens (including phenoxy) is 1. The summed E-state index contributed by atoms with van der Waals surface area (Å²) in [4.78, 5) is 13.2. The molecule has 1 unspecified atom stereocenters. The molecule has 1 rings (SSSR count). The number of amides is 1. The van der Waals surface area contributed by atoms with Gasteiger partial charge < -0.3 is 15.0 Å². The maximum Gasteiger partial charge on any atom is 0.239 e. The first kappa shape index (κ1) is 11.5. The summed E-state index contributed by atoms with van der Waals surface area (Å²) in [6.07, 6.45) is 1.91. The molecule has 0 aromatic carbocycles. The van der Waals surface area contributed by atoms with E-state index >= 15 is 0 Å². The average Bonchev–Trinajstić information content (AvgIpc) is 2.49. The van der Waals surface area contributed by atoms with Crippen LogP contribution in [0.2, 0.25) is 0 Å². The Morgan fingerprint density at radius 1 is 1.64 bits per heavy atom. The summed E-state index contributed by atoms with van der Waals surface area (Å²) in [6.45, 7) is 5.28. The molecule has 0 radical (unpaired) electrons. The molecule has 1 heterocycles. The zero-order valence-electron chi connectivity index (χ0n) is 9.08. The molecular weight excluding hydrogens is 180 g/mol. The molecular formula is C10H20N2O2. The van der Waals surface area contributed by atoms with E-state index in [-0.39, 0.29) is 11.9 Å². The highest BCUT2D eigenvalue weighted by atomic mass is 16.5. The third-order valence-electron chi connectivity index (χ3n) is 2.49. The van der Waals surface area contributed by atoms with Crippen molar-refractivity contribution in [2.24, 2.45) is 0 Å². The van der Waals surface area contributed by atoms with E-state index in [0.29, 0.717) is 0 Å². The number of rotatable bonds is 6. The summed E-state index contributed by atoms with van der Waals surface area (Å²) in [5, 5.41) is 3.25. The molecule has 0 aromatic heterocycles. The summed E-state index contributed by atoms with van der Waals surface area (Å²) >= 11 is 0. The number of likely N-dealkylation sites (N-methyl/N-ethyl adjacent to an activating group) is 1. The van der Waals surface area contributed by atoms with Crippen LogP contribution in [0.1, 0.15) is 19.8 Å². The second kappa shape index (κ2) is 5.98. The fourth-order valence-electron chi connectivity index (χ4n) is 1.61. The molecule has 14 heavy (non-hydrogen) atoms. The third-order valence-corrected chi connectivity index (χ3v) is 2.49. The van der Waals surface area contributed by atoms with E-state index in [0.717, 1.165) is 39.1 Å². The number of hydrogen-bond acceptors (Lipinski definition) is 3. The lowest BCUT2D eigenvalue weighted by Crippen LogP contribution is -2.37. The van der Waals surface area contributed by atoms with Crippen molar-refractivity contribution in [1.82, 2.24) is 10.2 Å². The van der Waals surface area contributed by atoms with Crippen LogP contribution in [0, 0.1) is 0 Å². The zero-order valence-corrected chi connectivity index (χ0v) is 9.08. The predicted molar refractivity (Wildman–Crippen MR) is 55.2 cm³/mol. The molecule has 1 aliphatic heterocycles. The first-order valence-corrected chi connectivity index (χ1v) is 5.31. The van der Waals surface area contributed by atoms with Gasteiger partial charge in [0.15, 0.2) is 0 Å². The lowest BCUT2D eigenvalue weighted by molar-refractivity contribution is -0.128. The van der Waals surface area contributed by atoms with Gasteiger partial charge >= 0.3 is 0 Å². The Morgan fingerprint density at radius 2 is 2.43 bits per heavy atom. The quantitative estimate of drug-likeness (QED) is 0.624. The number of likely N-dealkylation sites (tertiary alicyclic amines) is 1. The fourth-order valence-corrected chi connectivity index (χ4v) is 1.61. The summed E-state index contributed by atoms with van der Waals surface area (Å²) in [6, 6.07) is 0.0432. The summed E-state index contributed by atoms with van der Waals surface area (Å²) in [7, 11) is 1.85. The van der Waals surface area contributed by atoms with Crippen LogP contribution in [-0.4, -0.2) is 50.2 Å². The molecule has 82 valence electrons. The van der Waals surface area contributed by atoms with Gasteiger partial charge in [0.05, 0.1) is 6.04 Å². The molecule has 0 saturated carbocycles. The maximum absolute atomic E-state index is 11.5. The van der Waals surface area contributed by atoms with E-state index in [1.807, 2.05) is 14.0 Å². The fraction of sp³-hybridized carbons (Fsp3) is 0.900. The van der Waals surface area contributed by atoms with Gasteiger partial charge in [0.1, 0.15) is 0 Å². The number of nitrogens with one attached hydrogen (secondary N) is 1. The van der Waals surface area contributed by atoms with Crippen molar-refractivity contribution in [3.63, 3.8) is 0 Å².